The van der Waals surface area contributed by atoms with E-state index in [-0.39, 0.29) is 30.9 Å². The summed E-state index contributed by atoms with van der Waals surface area (Å²) in [6.45, 7) is 2.82. The number of fused-ring (bicyclic) bond motifs is 1. The van der Waals surface area contributed by atoms with Crippen LogP contribution >= 0.6 is 11.8 Å². The first kappa shape index (κ1) is 20.9. The van der Waals surface area contributed by atoms with Crippen LogP contribution in [0.1, 0.15) is 11.6 Å². The van der Waals surface area contributed by atoms with Gasteiger partial charge in [0.15, 0.2) is 0 Å². The number of benzene rings is 2. The molecule has 158 valence electrons. The summed E-state index contributed by atoms with van der Waals surface area (Å²) < 4.78 is 5.32. The lowest BCUT2D eigenvalue weighted by Gasteiger charge is -2.38. The van der Waals surface area contributed by atoms with Crippen molar-refractivity contribution in [3.8, 4) is 0 Å². The van der Waals surface area contributed by atoms with E-state index in [1.807, 2.05) is 58.1 Å². The molecule has 2 aliphatic heterocycles. The number of para-hydroxylation sites is 1. The van der Waals surface area contributed by atoms with Crippen LogP contribution in [0.25, 0.3) is 0 Å². The maximum absolute atomic E-state index is 13.4. The molecule has 0 aliphatic carbocycles. The number of hydrogen-bond donors (Lipinski definition) is 0. The molecule has 2 amide bonds. The fourth-order valence-electron chi connectivity index (χ4n) is 3.92. The molecule has 0 radical (unpaired) electrons. The number of thioether (sulfide) groups is 1. The third-order valence-corrected chi connectivity index (χ3v) is 6.60. The second kappa shape index (κ2) is 9.64. The number of amides is 2. The predicted octanol–water partition coefficient (Wildman–Crippen LogP) is 2.66. The highest BCUT2D eigenvalue weighted by Crippen LogP contribution is 2.43. The molecular weight excluding hydrogens is 398 g/mol. The molecule has 2 aromatic rings. The van der Waals surface area contributed by atoms with Crippen LogP contribution in [0.5, 0.6) is 0 Å². The Morgan fingerprint density at radius 1 is 1.00 bits per heavy atom. The smallest absolute Gasteiger partial charge is 0.241 e. The number of hydrogen-bond acceptors (Lipinski definition) is 5. The molecule has 2 aliphatic rings. The number of ether oxygens (including phenoxy) is 1. The van der Waals surface area contributed by atoms with Crippen LogP contribution in [0.4, 0.5) is 5.69 Å². The lowest BCUT2D eigenvalue weighted by Crippen LogP contribution is -2.48. The molecule has 0 unspecified atom stereocenters. The highest BCUT2D eigenvalue weighted by atomic mass is 32.2. The number of morpholine rings is 1. The summed E-state index contributed by atoms with van der Waals surface area (Å²) in [6, 6.07) is 18.2. The van der Waals surface area contributed by atoms with E-state index < -0.39 is 0 Å². The Bertz CT molecular complexity index is 886. The molecule has 0 bridgehead atoms. The van der Waals surface area contributed by atoms with Gasteiger partial charge in [-0.25, -0.2) is 0 Å². The van der Waals surface area contributed by atoms with Crippen LogP contribution in [-0.2, 0) is 14.3 Å². The summed E-state index contributed by atoms with van der Waals surface area (Å²) in [7, 11) is 1.83. The van der Waals surface area contributed by atoms with Crippen LogP contribution in [0, 0.1) is 0 Å². The fraction of sp³-hybridized carbons (Fsp3) is 0.391. The Hall–Kier alpha value is -2.35. The van der Waals surface area contributed by atoms with Crippen LogP contribution < -0.4 is 4.90 Å². The quantitative estimate of drug-likeness (QED) is 0.737. The SMILES string of the molecule is CN(CC(=O)N1CCOCC1)CC(=O)N1c2ccccc2SC[C@@H]1c1ccccc1. The Morgan fingerprint density at radius 3 is 2.43 bits per heavy atom. The van der Waals surface area contributed by atoms with E-state index in [1.165, 1.54) is 0 Å². The summed E-state index contributed by atoms with van der Waals surface area (Å²) >= 11 is 1.78. The number of likely N-dealkylation sites (N-methyl/N-ethyl adjacent to an activating group) is 1. The van der Waals surface area contributed by atoms with E-state index in [0.29, 0.717) is 26.3 Å². The second-order valence-electron chi connectivity index (χ2n) is 7.63. The molecule has 2 heterocycles. The van der Waals surface area contributed by atoms with Gasteiger partial charge in [0.05, 0.1) is 38.0 Å². The highest BCUT2D eigenvalue weighted by molar-refractivity contribution is 7.99. The lowest BCUT2D eigenvalue weighted by atomic mass is 10.1. The number of carbonyl (C=O) groups is 2. The van der Waals surface area contributed by atoms with E-state index in [2.05, 4.69) is 18.2 Å². The van der Waals surface area contributed by atoms with Crippen molar-refractivity contribution in [1.29, 1.82) is 0 Å². The summed E-state index contributed by atoms with van der Waals surface area (Å²) in [5.74, 6) is 0.861. The lowest BCUT2D eigenvalue weighted by molar-refractivity contribution is -0.136. The van der Waals surface area contributed by atoms with Gasteiger partial charge < -0.3 is 14.5 Å². The van der Waals surface area contributed by atoms with Crippen LogP contribution in [0.15, 0.2) is 59.5 Å². The Morgan fingerprint density at radius 2 is 1.67 bits per heavy atom. The molecule has 1 saturated heterocycles. The topological polar surface area (TPSA) is 53.1 Å². The van der Waals surface area contributed by atoms with Gasteiger partial charge >= 0.3 is 0 Å². The van der Waals surface area contributed by atoms with Crippen molar-refractivity contribution < 1.29 is 14.3 Å². The average molecular weight is 426 g/mol. The largest absolute Gasteiger partial charge is 0.378 e. The molecule has 0 spiro atoms. The van der Waals surface area contributed by atoms with E-state index in [0.717, 1.165) is 21.9 Å². The first-order valence-electron chi connectivity index (χ1n) is 10.3. The molecule has 30 heavy (non-hydrogen) atoms. The van der Waals surface area contributed by atoms with Gasteiger partial charge in [0.25, 0.3) is 0 Å². The summed E-state index contributed by atoms with van der Waals surface area (Å²) in [4.78, 5) is 32.6. The summed E-state index contributed by atoms with van der Waals surface area (Å²) in [5, 5.41) is 0. The number of nitrogens with zero attached hydrogens (tertiary/aromatic N) is 3. The van der Waals surface area contributed by atoms with Crippen LogP contribution in [0.3, 0.4) is 0 Å². The van der Waals surface area contributed by atoms with Gasteiger partial charge in [-0.15, -0.1) is 11.8 Å². The van der Waals surface area contributed by atoms with Crippen molar-refractivity contribution in [3.05, 3.63) is 60.2 Å². The van der Waals surface area contributed by atoms with Gasteiger partial charge in [-0.1, -0.05) is 42.5 Å². The zero-order valence-electron chi connectivity index (χ0n) is 17.2. The maximum Gasteiger partial charge on any atom is 0.241 e. The van der Waals surface area contributed by atoms with Crippen molar-refractivity contribution >= 4 is 29.3 Å². The third-order valence-electron chi connectivity index (χ3n) is 5.46. The average Bonchev–Trinajstić information content (AvgIpc) is 2.79. The molecule has 6 nitrogen and oxygen atoms in total. The Balaban J connectivity index is 1.50. The third kappa shape index (κ3) is 4.69. The molecule has 0 saturated carbocycles. The van der Waals surface area contributed by atoms with Crippen molar-refractivity contribution in [2.45, 2.75) is 10.9 Å². The van der Waals surface area contributed by atoms with E-state index in [1.54, 1.807) is 11.8 Å². The molecule has 7 heteroatoms. The summed E-state index contributed by atoms with van der Waals surface area (Å²) in [6.07, 6.45) is 0. The number of carbonyl (C=O) groups excluding carboxylic acids is 2. The van der Waals surface area contributed by atoms with Gasteiger partial charge in [0.2, 0.25) is 11.8 Å². The van der Waals surface area contributed by atoms with Crippen molar-refractivity contribution in [3.63, 3.8) is 0 Å². The minimum absolute atomic E-state index is 0.00822. The second-order valence-corrected chi connectivity index (χ2v) is 8.70. The molecule has 2 aromatic carbocycles. The van der Waals surface area contributed by atoms with E-state index in [4.69, 9.17) is 4.74 Å². The first-order chi connectivity index (χ1) is 14.6. The minimum Gasteiger partial charge on any atom is -0.378 e. The highest BCUT2D eigenvalue weighted by Gasteiger charge is 2.33. The van der Waals surface area contributed by atoms with Crippen molar-refractivity contribution in [2.75, 3.05) is 57.1 Å². The predicted molar refractivity (Wildman–Crippen MR) is 119 cm³/mol. The molecular formula is C23H27N3O3S. The molecule has 4 rings (SSSR count). The minimum atomic E-state index is -0.0260. The standard InChI is InChI=1S/C23H27N3O3S/c1-24(15-22(27)25-11-13-29-14-12-25)16-23(28)26-19-9-5-6-10-21(19)30-17-20(26)18-7-3-2-4-8-18/h2-10,20H,11-17H2,1H3/t20-/m1/s1. The zero-order valence-corrected chi connectivity index (χ0v) is 18.0. The van der Waals surface area contributed by atoms with Gasteiger partial charge in [-0.05, 0) is 24.7 Å². The van der Waals surface area contributed by atoms with Crippen molar-refractivity contribution in [2.24, 2.45) is 0 Å². The van der Waals surface area contributed by atoms with Gasteiger partial charge in [-0.3, -0.25) is 14.5 Å². The molecule has 1 fully saturated rings. The summed E-state index contributed by atoms with van der Waals surface area (Å²) in [5.41, 5.74) is 2.07. The molecule has 1 atom stereocenters. The van der Waals surface area contributed by atoms with Crippen LogP contribution in [0.2, 0.25) is 0 Å². The zero-order chi connectivity index (χ0) is 20.9. The molecule has 0 N–H and O–H groups in total. The van der Waals surface area contributed by atoms with E-state index in [9.17, 15) is 9.59 Å². The monoisotopic (exact) mass is 425 g/mol. The van der Waals surface area contributed by atoms with Gasteiger partial charge in [0.1, 0.15) is 0 Å². The number of anilines is 1. The van der Waals surface area contributed by atoms with E-state index >= 15 is 0 Å². The number of rotatable bonds is 5. The van der Waals surface area contributed by atoms with Crippen molar-refractivity contribution in [1.82, 2.24) is 9.80 Å². The fourth-order valence-corrected chi connectivity index (χ4v) is 5.09. The Kier molecular flexibility index (Phi) is 6.72. The van der Waals surface area contributed by atoms with Gasteiger partial charge in [0, 0.05) is 23.7 Å². The van der Waals surface area contributed by atoms with Crippen LogP contribution in [-0.4, -0.2) is 73.8 Å². The van der Waals surface area contributed by atoms with Gasteiger partial charge in [-0.2, -0.15) is 0 Å². The normalized spacial score (nSPS) is 18.9. The first-order valence-corrected chi connectivity index (χ1v) is 11.2. The molecule has 0 aromatic heterocycles. The maximum atomic E-state index is 13.4. The Labute approximate surface area is 181 Å².